The van der Waals surface area contributed by atoms with Gasteiger partial charge in [0.15, 0.2) is 5.82 Å². The molecule has 36 heavy (non-hydrogen) atoms. The van der Waals surface area contributed by atoms with Crippen LogP contribution >= 0.6 is 0 Å². The summed E-state index contributed by atoms with van der Waals surface area (Å²) in [4.78, 5) is 39.3. The summed E-state index contributed by atoms with van der Waals surface area (Å²) in [5.41, 5.74) is 1.25. The SMILES string of the molecule is C[C@@H](Nc1c(Nc2ccc3[nH]nc(NC(=O)CN4CCCCC4)c3c2)c(=O)c1=O)c1cccc(O)c1. The monoisotopic (exact) mass is 488 g/mol. The minimum Gasteiger partial charge on any atom is -0.508 e. The summed E-state index contributed by atoms with van der Waals surface area (Å²) in [6.07, 6.45) is 3.41. The molecule has 4 aromatic rings. The Balaban J connectivity index is 1.31. The first-order chi connectivity index (χ1) is 17.4. The fraction of sp³-hybridized carbons (Fsp3) is 0.308. The van der Waals surface area contributed by atoms with E-state index in [4.69, 9.17) is 0 Å². The number of rotatable bonds is 8. The summed E-state index contributed by atoms with van der Waals surface area (Å²) in [6, 6.07) is 11.7. The van der Waals surface area contributed by atoms with E-state index in [1.807, 2.05) is 13.0 Å². The molecular formula is C26H28N6O4. The Kier molecular flexibility index (Phi) is 6.43. The lowest BCUT2D eigenvalue weighted by atomic mass is 10.1. The van der Waals surface area contributed by atoms with Gasteiger partial charge in [0.05, 0.1) is 12.1 Å². The molecule has 0 saturated carbocycles. The zero-order chi connectivity index (χ0) is 25.2. The molecule has 1 atom stereocenters. The quantitative estimate of drug-likeness (QED) is 0.238. The molecule has 1 fully saturated rings. The van der Waals surface area contributed by atoms with Gasteiger partial charge in [-0.25, -0.2) is 0 Å². The minimum atomic E-state index is -0.608. The van der Waals surface area contributed by atoms with E-state index in [-0.39, 0.29) is 29.1 Å². The Morgan fingerprint density at radius 3 is 2.64 bits per heavy atom. The Morgan fingerprint density at radius 1 is 1.08 bits per heavy atom. The van der Waals surface area contributed by atoms with Crippen molar-refractivity contribution in [1.82, 2.24) is 15.1 Å². The number of amides is 1. The lowest BCUT2D eigenvalue weighted by molar-refractivity contribution is -0.117. The highest BCUT2D eigenvalue weighted by Gasteiger charge is 2.23. The molecule has 0 aliphatic carbocycles. The number of aromatic hydroxyl groups is 1. The Morgan fingerprint density at radius 2 is 1.86 bits per heavy atom. The van der Waals surface area contributed by atoms with E-state index in [1.165, 1.54) is 6.42 Å². The highest BCUT2D eigenvalue weighted by molar-refractivity contribution is 6.01. The van der Waals surface area contributed by atoms with Crippen molar-refractivity contribution in [3.05, 3.63) is 68.5 Å². The van der Waals surface area contributed by atoms with Crippen molar-refractivity contribution >= 4 is 39.7 Å². The van der Waals surface area contributed by atoms with Crippen molar-refractivity contribution in [2.75, 3.05) is 35.6 Å². The van der Waals surface area contributed by atoms with Crippen LogP contribution in [0.3, 0.4) is 0 Å². The molecule has 5 N–H and O–H groups in total. The number of phenolic OH excluding ortho intramolecular Hbond substituents is 1. The molecule has 186 valence electrons. The Labute approximate surface area is 207 Å². The first kappa shape index (κ1) is 23.6. The Bertz CT molecular complexity index is 1480. The van der Waals surface area contributed by atoms with E-state index in [9.17, 15) is 19.5 Å². The van der Waals surface area contributed by atoms with Crippen LogP contribution in [-0.4, -0.2) is 45.7 Å². The van der Waals surface area contributed by atoms with E-state index in [0.29, 0.717) is 23.4 Å². The van der Waals surface area contributed by atoms with Gasteiger partial charge in [0, 0.05) is 17.1 Å². The summed E-state index contributed by atoms with van der Waals surface area (Å²) >= 11 is 0. The summed E-state index contributed by atoms with van der Waals surface area (Å²) in [7, 11) is 0. The van der Waals surface area contributed by atoms with Crippen molar-refractivity contribution < 1.29 is 9.90 Å². The number of carbonyl (C=O) groups excluding carboxylic acids is 1. The van der Waals surface area contributed by atoms with E-state index < -0.39 is 10.9 Å². The number of hydrogen-bond acceptors (Lipinski definition) is 8. The first-order valence-corrected chi connectivity index (χ1v) is 12.0. The second-order valence-corrected chi connectivity index (χ2v) is 9.21. The lowest BCUT2D eigenvalue weighted by Crippen LogP contribution is -2.37. The number of anilines is 4. The number of H-pyrrole nitrogens is 1. The fourth-order valence-electron chi connectivity index (χ4n) is 4.57. The number of benzene rings is 2. The number of nitrogens with zero attached hydrogens (tertiary/aromatic N) is 2. The molecule has 1 saturated heterocycles. The number of aromatic amines is 1. The minimum absolute atomic E-state index is 0.122. The molecule has 1 aromatic heterocycles. The molecule has 3 aromatic carbocycles. The van der Waals surface area contributed by atoms with E-state index in [0.717, 1.165) is 37.0 Å². The summed E-state index contributed by atoms with van der Waals surface area (Å²) < 4.78 is 0. The van der Waals surface area contributed by atoms with Crippen LogP contribution in [0, 0.1) is 0 Å². The van der Waals surface area contributed by atoms with Gasteiger partial charge in [-0.05, 0) is 68.8 Å². The number of aromatic nitrogens is 2. The highest BCUT2D eigenvalue weighted by atomic mass is 16.3. The second-order valence-electron chi connectivity index (χ2n) is 9.21. The van der Waals surface area contributed by atoms with Crippen molar-refractivity contribution in [2.45, 2.75) is 32.2 Å². The number of piperidine rings is 1. The van der Waals surface area contributed by atoms with Gasteiger partial charge in [0.2, 0.25) is 5.91 Å². The normalized spacial score (nSPS) is 15.1. The molecule has 1 aliphatic rings. The molecule has 0 bridgehead atoms. The topological polar surface area (TPSA) is 139 Å². The number of nitrogens with one attached hydrogen (secondary N) is 4. The van der Waals surface area contributed by atoms with Gasteiger partial charge in [-0.3, -0.25) is 24.4 Å². The van der Waals surface area contributed by atoms with Crippen molar-refractivity contribution in [2.24, 2.45) is 0 Å². The standard InChI is InChI=1S/C26H28N6O4/c1-15(16-6-5-7-18(33)12-16)27-22-23(25(36)24(22)35)28-17-8-9-20-19(13-17)26(31-30-20)29-21(34)14-32-10-3-2-4-11-32/h5-9,12-13,15,27-28,33H,2-4,10-11,14H2,1H3,(H2,29,30,31,34)/t15-/m1/s1. The highest BCUT2D eigenvalue weighted by Crippen LogP contribution is 2.29. The fourth-order valence-corrected chi connectivity index (χ4v) is 4.57. The van der Waals surface area contributed by atoms with Crippen LogP contribution in [0.25, 0.3) is 10.9 Å². The molecule has 0 unspecified atom stereocenters. The maximum atomic E-state index is 12.6. The molecule has 10 heteroatoms. The average Bonchev–Trinajstić information content (AvgIpc) is 3.28. The smallest absolute Gasteiger partial charge is 0.253 e. The van der Waals surface area contributed by atoms with Gasteiger partial charge >= 0.3 is 0 Å². The number of likely N-dealkylation sites (tertiary alicyclic amines) is 1. The molecule has 0 radical (unpaired) electrons. The molecule has 10 nitrogen and oxygen atoms in total. The first-order valence-electron chi connectivity index (χ1n) is 12.0. The largest absolute Gasteiger partial charge is 0.508 e. The van der Waals surface area contributed by atoms with Crippen LogP contribution in [-0.2, 0) is 4.79 Å². The van der Waals surface area contributed by atoms with Crippen LogP contribution in [0.2, 0.25) is 0 Å². The predicted octanol–water partition coefficient (Wildman–Crippen LogP) is 3.21. The molecule has 0 spiro atoms. The van der Waals surface area contributed by atoms with E-state index >= 15 is 0 Å². The summed E-state index contributed by atoms with van der Waals surface area (Å²) in [6.45, 7) is 4.00. The molecule has 2 heterocycles. The van der Waals surface area contributed by atoms with Crippen LogP contribution in [0.4, 0.5) is 22.9 Å². The Hall–Kier alpha value is -4.18. The third-order valence-electron chi connectivity index (χ3n) is 6.55. The molecule has 5 rings (SSSR count). The van der Waals surface area contributed by atoms with Crippen LogP contribution < -0.4 is 26.8 Å². The zero-order valence-electron chi connectivity index (χ0n) is 19.9. The average molecular weight is 489 g/mol. The third kappa shape index (κ3) is 4.80. The van der Waals surface area contributed by atoms with Crippen molar-refractivity contribution in [3.8, 4) is 5.75 Å². The number of hydrogen-bond donors (Lipinski definition) is 5. The molecular weight excluding hydrogens is 460 g/mol. The van der Waals surface area contributed by atoms with E-state index in [1.54, 1.807) is 36.4 Å². The summed E-state index contributed by atoms with van der Waals surface area (Å²) in [5.74, 6) is 0.409. The van der Waals surface area contributed by atoms with Crippen molar-refractivity contribution in [3.63, 3.8) is 0 Å². The summed E-state index contributed by atoms with van der Waals surface area (Å²) in [5, 5.41) is 26.5. The van der Waals surface area contributed by atoms with Gasteiger partial charge in [-0.1, -0.05) is 18.6 Å². The number of fused-ring (bicyclic) bond motifs is 1. The number of phenols is 1. The maximum Gasteiger partial charge on any atom is 0.253 e. The second kappa shape index (κ2) is 9.82. The van der Waals surface area contributed by atoms with Crippen LogP contribution in [0.5, 0.6) is 5.75 Å². The van der Waals surface area contributed by atoms with Crippen LogP contribution in [0.15, 0.2) is 52.1 Å². The maximum absolute atomic E-state index is 12.6. The van der Waals surface area contributed by atoms with Gasteiger partial charge in [-0.15, -0.1) is 0 Å². The van der Waals surface area contributed by atoms with E-state index in [2.05, 4.69) is 31.0 Å². The van der Waals surface area contributed by atoms with Crippen LogP contribution in [0.1, 0.15) is 37.8 Å². The van der Waals surface area contributed by atoms with Gasteiger partial charge in [-0.2, -0.15) is 5.10 Å². The van der Waals surface area contributed by atoms with Gasteiger partial charge < -0.3 is 21.1 Å². The van der Waals surface area contributed by atoms with Crippen molar-refractivity contribution in [1.29, 1.82) is 0 Å². The van der Waals surface area contributed by atoms with Gasteiger partial charge in [0.25, 0.3) is 10.9 Å². The lowest BCUT2D eigenvalue weighted by Gasteiger charge is -2.25. The van der Waals surface area contributed by atoms with Gasteiger partial charge in [0.1, 0.15) is 17.1 Å². The third-order valence-corrected chi connectivity index (χ3v) is 6.55. The number of carbonyl (C=O) groups is 1. The molecule has 1 amide bonds. The zero-order valence-corrected chi connectivity index (χ0v) is 19.9. The molecule has 1 aliphatic heterocycles. The predicted molar refractivity (Wildman–Crippen MR) is 140 cm³/mol.